The topological polar surface area (TPSA) is 0 Å². The zero-order valence-corrected chi connectivity index (χ0v) is 8.88. The molecule has 1 saturated heterocycles. The number of hydrogen-bond donors (Lipinski definition) is 0. The van der Waals surface area contributed by atoms with Gasteiger partial charge in [0, 0.05) is 4.21 Å². The first-order valence-corrected chi connectivity index (χ1v) is 8.61. The molecule has 0 unspecified atom stereocenters. The summed E-state index contributed by atoms with van der Waals surface area (Å²) in [5.41, 5.74) is 0. The van der Waals surface area contributed by atoms with E-state index in [1.54, 1.807) is 0 Å². The number of thioether (sulfide) groups is 2. The standard InChI is InChI=1S/C6H14S2Si/c1-9(2)6-7-4-3-5-8-6/h6,9H,3-5H2,1-2H3. The predicted molar refractivity (Wildman–Crippen MR) is 52.2 cm³/mol. The minimum absolute atomic E-state index is 0.326. The van der Waals surface area contributed by atoms with Crippen molar-refractivity contribution in [2.75, 3.05) is 11.5 Å². The van der Waals surface area contributed by atoms with Crippen LogP contribution in [0.3, 0.4) is 0 Å². The number of rotatable bonds is 1. The molecule has 0 amide bonds. The molecule has 0 aromatic heterocycles. The highest BCUT2D eigenvalue weighted by Gasteiger charge is 2.17. The van der Waals surface area contributed by atoms with E-state index >= 15 is 0 Å². The second kappa shape index (κ2) is 3.94. The van der Waals surface area contributed by atoms with E-state index in [1.807, 2.05) is 0 Å². The van der Waals surface area contributed by atoms with Gasteiger partial charge in [0.25, 0.3) is 0 Å². The van der Waals surface area contributed by atoms with Crippen LogP contribution in [0.4, 0.5) is 0 Å². The van der Waals surface area contributed by atoms with Gasteiger partial charge in [-0.05, 0) is 17.9 Å². The van der Waals surface area contributed by atoms with E-state index in [9.17, 15) is 0 Å². The van der Waals surface area contributed by atoms with Gasteiger partial charge in [-0.1, -0.05) is 13.1 Å². The van der Waals surface area contributed by atoms with E-state index in [4.69, 9.17) is 0 Å². The first-order valence-electron chi connectivity index (χ1n) is 3.54. The molecule has 3 heteroatoms. The van der Waals surface area contributed by atoms with Gasteiger partial charge in [-0.25, -0.2) is 0 Å². The largest absolute Gasteiger partial charge is 0.151 e. The fourth-order valence-corrected chi connectivity index (χ4v) is 7.02. The molecular weight excluding hydrogens is 164 g/mol. The van der Waals surface area contributed by atoms with Gasteiger partial charge in [0.2, 0.25) is 0 Å². The zero-order valence-electron chi connectivity index (χ0n) is 6.09. The minimum atomic E-state index is -0.326. The van der Waals surface area contributed by atoms with Crippen molar-refractivity contribution in [3.05, 3.63) is 0 Å². The van der Waals surface area contributed by atoms with Crippen LogP contribution in [-0.4, -0.2) is 24.5 Å². The van der Waals surface area contributed by atoms with Gasteiger partial charge in [0.15, 0.2) is 0 Å². The highest BCUT2D eigenvalue weighted by atomic mass is 32.2. The van der Waals surface area contributed by atoms with Gasteiger partial charge in [0.1, 0.15) is 0 Å². The van der Waals surface area contributed by atoms with E-state index in [2.05, 4.69) is 36.6 Å². The molecule has 1 aliphatic heterocycles. The van der Waals surface area contributed by atoms with Gasteiger partial charge in [-0.15, -0.1) is 0 Å². The Balaban J connectivity index is 2.23. The molecule has 0 N–H and O–H groups in total. The van der Waals surface area contributed by atoms with Crippen molar-refractivity contribution < 1.29 is 0 Å². The summed E-state index contributed by atoms with van der Waals surface area (Å²) in [7, 11) is -0.326. The van der Waals surface area contributed by atoms with Crippen LogP contribution in [0.25, 0.3) is 0 Å². The lowest BCUT2D eigenvalue weighted by Gasteiger charge is -2.22. The van der Waals surface area contributed by atoms with Gasteiger partial charge in [-0.3, -0.25) is 0 Å². The Morgan fingerprint density at radius 3 is 2.11 bits per heavy atom. The molecule has 0 nitrogen and oxygen atoms in total. The summed E-state index contributed by atoms with van der Waals surface area (Å²) < 4.78 is 1.03. The molecule has 0 atom stereocenters. The molecule has 0 saturated carbocycles. The molecular formula is C6H14S2Si. The van der Waals surface area contributed by atoms with Crippen LogP contribution in [0, 0.1) is 0 Å². The Morgan fingerprint density at radius 2 is 1.78 bits per heavy atom. The van der Waals surface area contributed by atoms with Crippen molar-refractivity contribution in [1.82, 2.24) is 0 Å². The monoisotopic (exact) mass is 178 g/mol. The van der Waals surface area contributed by atoms with Gasteiger partial charge < -0.3 is 0 Å². The third kappa shape index (κ3) is 2.56. The van der Waals surface area contributed by atoms with E-state index in [0.29, 0.717) is 0 Å². The Kier molecular flexibility index (Phi) is 3.51. The maximum Gasteiger partial charge on any atom is 0.0583 e. The van der Waals surface area contributed by atoms with Crippen LogP contribution < -0.4 is 0 Å². The van der Waals surface area contributed by atoms with Crippen molar-refractivity contribution in [1.29, 1.82) is 0 Å². The fourth-order valence-electron chi connectivity index (χ4n) is 0.891. The third-order valence-corrected chi connectivity index (χ3v) is 9.43. The molecule has 54 valence electrons. The second-order valence-electron chi connectivity index (χ2n) is 2.71. The predicted octanol–water partition coefficient (Wildman–Crippen LogP) is 2.21. The average molecular weight is 178 g/mol. The van der Waals surface area contributed by atoms with Crippen LogP contribution in [0.5, 0.6) is 0 Å². The molecule has 1 heterocycles. The van der Waals surface area contributed by atoms with Crippen LogP contribution in [0.2, 0.25) is 13.1 Å². The number of hydrogen-bond acceptors (Lipinski definition) is 2. The minimum Gasteiger partial charge on any atom is -0.151 e. The third-order valence-electron chi connectivity index (χ3n) is 1.40. The highest BCUT2D eigenvalue weighted by molar-refractivity contribution is 8.19. The molecule has 0 bridgehead atoms. The molecule has 0 radical (unpaired) electrons. The van der Waals surface area contributed by atoms with Crippen molar-refractivity contribution in [2.24, 2.45) is 0 Å². The lowest BCUT2D eigenvalue weighted by molar-refractivity contribution is 1.11. The molecule has 0 aromatic rings. The summed E-state index contributed by atoms with van der Waals surface area (Å²) in [6.45, 7) is 4.91. The Morgan fingerprint density at radius 1 is 1.22 bits per heavy atom. The van der Waals surface area contributed by atoms with E-state index in [1.165, 1.54) is 17.9 Å². The summed E-state index contributed by atoms with van der Waals surface area (Å²) in [5, 5.41) is 0. The maximum atomic E-state index is 2.45. The Hall–Kier alpha value is 0.917. The molecule has 1 fully saturated rings. The van der Waals surface area contributed by atoms with Crippen LogP contribution >= 0.6 is 23.5 Å². The van der Waals surface area contributed by atoms with Crippen molar-refractivity contribution in [2.45, 2.75) is 23.7 Å². The Bertz CT molecular complexity index is 79.1. The van der Waals surface area contributed by atoms with E-state index in [-0.39, 0.29) is 8.80 Å². The molecule has 1 aliphatic rings. The first kappa shape index (κ1) is 8.02. The molecule has 0 aromatic carbocycles. The molecule has 9 heavy (non-hydrogen) atoms. The lowest BCUT2D eigenvalue weighted by atomic mass is 10.6. The molecule has 0 spiro atoms. The smallest absolute Gasteiger partial charge is 0.0583 e. The van der Waals surface area contributed by atoms with Gasteiger partial charge >= 0.3 is 0 Å². The van der Waals surface area contributed by atoms with Crippen molar-refractivity contribution in [3.8, 4) is 0 Å². The van der Waals surface area contributed by atoms with E-state index < -0.39 is 0 Å². The lowest BCUT2D eigenvalue weighted by Crippen LogP contribution is -2.21. The van der Waals surface area contributed by atoms with Crippen molar-refractivity contribution >= 4 is 32.3 Å². The van der Waals surface area contributed by atoms with E-state index in [0.717, 1.165) is 4.21 Å². The van der Waals surface area contributed by atoms with Crippen LogP contribution in [-0.2, 0) is 0 Å². The second-order valence-corrected chi connectivity index (χ2v) is 9.63. The first-order chi connectivity index (χ1) is 4.30. The maximum absolute atomic E-state index is 2.45. The van der Waals surface area contributed by atoms with Gasteiger partial charge in [-0.2, -0.15) is 23.5 Å². The zero-order chi connectivity index (χ0) is 6.69. The summed E-state index contributed by atoms with van der Waals surface area (Å²) in [6, 6.07) is 0. The summed E-state index contributed by atoms with van der Waals surface area (Å²) in [5.74, 6) is 2.84. The quantitative estimate of drug-likeness (QED) is 0.565. The van der Waals surface area contributed by atoms with Crippen molar-refractivity contribution in [3.63, 3.8) is 0 Å². The summed E-state index contributed by atoms with van der Waals surface area (Å²) in [4.78, 5) is 0. The van der Waals surface area contributed by atoms with Crippen LogP contribution in [0.1, 0.15) is 6.42 Å². The van der Waals surface area contributed by atoms with Gasteiger partial charge in [0.05, 0.1) is 8.80 Å². The molecule has 0 aliphatic carbocycles. The summed E-state index contributed by atoms with van der Waals surface area (Å²) in [6.07, 6.45) is 1.44. The summed E-state index contributed by atoms with van der Waals surface area (Å²) >= 11 is 4.39. The fraction of sp³-hybridized carbons (Fsp3) is 1.00. The molecule has 1 rings (SSSR count). The average Bonchev–Trinajstić information content (AvgIpc) is 1.90. The SMILES string of the molecule is C[SiH](C)C1SCCCS1. The normalized spacial score (nSPS) is 23.0. The Labute approximate surface area is 67.8 Å². The van der Waals surface area contributed by atoms with Crippen LogP contribution in [0.15, 0.2) is 0 Å². The highest BCUT2D eigenvalue weighted by Crippen LogP contribution is 2.31.